The van der Waals surface area contributed by atoms with Crippen molar-refractivity contribution in [2.75, 3.05) is 0 Å². The molecule has 0 aliphatic carbocycles. The van der Waals surface area contributed by atoms with Crippen molar-refractivity contribution in [2.24, 2.45) is 0 Å². The maximum absolute atomic E-state index is 9.58. The first-order valence-corrected chi connectivity index (χ1v) is 6.61. The van der Waals surface area contributed by atoms with Gasteiger partial charge in [-0.1, -0.05) is 63.6 Å². The monoisotopic (exact) mass is 276 g/mol. The minimum Gasteiger partial charge on any atom is -0.870 e. The molecule has 0 saturated heterocycles. The van der Waals surface area contributed by atoms with E-state index in [0.29, 0.717) is 5.75 Å². The Morgan fingerprint density at radius 3 is 2.06 bits per heavy atom. The molecule has 0 fully saturated rings. The van der Waals surface area contributed by atoms with Crippen molar-refractivity contribution in [3.63, 3.8) is 0 Å². The smallest absolute Gasteiger partial charge is 0.870 e. The molecular formula is C15H25KO2. The molecule has 0 saturated carbocycles. The second kappa shape index (κ2) is 14.0. The summed E-state index contributed by atoms with van der Waals surface area (Å²) < 4.78 is 0. The predicted molar refractivity (Wildman–Crippen MR) is 71.7 cm³/mol. The third-order valence-electron chi connectivity index (χ3n) is 3.04. The molecule has 0 radical (unpaired) electrons. The zero-order valence-corrected chi connectivity index (χ0v) is 15.0. The number of unbranched alkanes of at least 4 members (excludes halogenated alkanes) is 6. The van der Waals surface area contributed by atoms with Crippen LogP contribution in [0.1, 0.15) is 57.4 Å². The molecule has 0 spiro atoms. The standard InChI is InChI=1S/C15H24O.K.H2O/c1-2-3-4-5-6-7-8-11-14-12-9-10-13-15(14)16;;/h9-10,12-13,16H,2-8,11H2,1H3;;1H2/q;+1;/p-1. The fourth-order valence-electron chi connectivity index (χ4n) is 1.99. The van der Waals surface area contributed by atoms with Crippen LogP contribution in [0.5, 0.6) is 5.75 Å². The number of hydrogen-bond acceptors (Lipinski definition) is 2. The molecule has 0 atom stereocenters. The predicted octanol–water partition coefficient (Wildman–Crippen LogP) is 1.51. The number of phenolic OH excluding ortho intramolecular Hbond substituents is 1. The molecule has 2 nitrogen and oxygen atoms in total. The molecule has 1 aromatic rings. The summed E-state index contributed by atoms with van der Waals surface area (Å²) in [5.74, 6) is 0.452. The number of aromatic hydroxyl groups is 1. The maximum atomic E-state index is 9.58. The van der Waals surface area contributed by atoms with Crippen LogP contribution in [0.2, 0.25) is 0 Å². The van der Waals surface area contributed by atoms with E-state index in [9.17, 15) is 5.11 Å². The zero-order valence-electron chi connectivity index (χ0n) is 11.9. The molecule has 0 amide bonds. The third kappa shape index (κ3) is 9.53. The molecule has 98 valence electrons. The van der Waals surface area contributed by atoms with Crippen molar-refractivity contribution >= 4 is 0 Å². The van der Waals surface area contributed by atoms with E-state index in [1.54, 1.807) is 6.07 Å². The molecule has 1 aromatic carbocycles. The van der Waals surface area contributed by atoms with Gasteiger partial charge in [0.05, 0.1) is 0 Å². The van der Waals surface area contributed by atoms with E-state index in [4.69, 9.17) is 0 Å². The molecule has 0 aliphatic heterocycles. The van der Waals surface area contributed by atoms with Crippen LogP contribution >= 0.6 is 0 Å². The van der Waals surface area contributed by atoms with Gasteiger partial charge in [-0.2, -0.15) is 0 Å². The van der Waals surface area contributed by atoms with Crippen LogP contribution in [-0.2, 0) is 6.42 Å². The van der Waals surface area contributed by atoms with Crippen LogP contribution in [0.4, 0.5) is 0 Å². The van der Waals surface area contributed by atoms with E-state index in [1.165, 1.54) is 44.9 Å². The summed E-state index contributed by atoms with van der Waals surface area (Å²) in [6, 6.07) is 7.67. The van der Waals surface area contributed by atoms with E-state index in [-0.39, 0.29) is 56.9 Å². The van der Waals surface area contributed by atoms with Gasteiger partial charge in [0.25, 0.3) is 0 Å². The first-order valence-electron chi connectivity index (χ1n) is 6.61. The third-order valence-corrected chi connectivity index (χ3v) is 3.04. The minimum atomic E-state index is 0. The van der Waals surface area contributed by atoms with E-state index in [0.717, 1.165) is 12.0 Å². The maximum Gasteiger partial charge on any atom is 1.00 e. The molecule has 0 bridgehead atoms. The molecule has 1 rings (SSSR count). The SMILES string of the molecule is CCCCCCCCCc1ccccc1O.[K+].[OH-]. The van der Waals surface area contributed by atoms with E-state index in [2.05, 4.69) is 6.92 Å². The van der Waals surface area contributed by atoms with Crippen molar-refractivity contribution in [1.82, 2.24) is 0 Å². The number of aryl methyl sites for hydroxylation is 1. The minimum absolute atomic E-state index is 0. The van der Waals surface area contributed by atoms with Gasteiger partial charge in [0.1, 0.15) is 5.75 Å². The van der Waals surface area contributed by atoms with Crippen molar-refractivity contribution in [2.45, 2.75) is 58.3 Å². The van der Waals surface area contributed by atoms with Gasteiger partial charge in [0.2, 0.25) is 0 Å². The second-order valence-corrected chi connectivity index (χ2v) is 4.50. The summed E-state index contributed by atoms with van der Waals surface area (Å²) in [6.45, 7) is 2.25. The van der Waals surface area contributed by atoms with Crippen molar-refractivity contribution in [3.05, 3.63) is 29.8 Å². The fraction of sp³-hybridized carbons (Fsp3) is 0.600. The van der Waals surface area contributed by atoms with Gasteiger partial charge >= 0.3 is 51.4 Å². The number of rotatable bonds is 8. The summed E-state index contributed by atoms with van der Waals surface area (Å²) in [5, 5.41) is 9.58. The van der Waals surface area contributed by atoms with Crippen LogP contribution in [0, 0.1) is 0 Å². The molecule has 3 heteroatoms. The Balaban J connectivity index is 0. The molecule has 0 unspecified atom stereocenters. The number of benzene rings is 1. The van der Waals surface area contributed by atoms with Crippen LogP contribution in [0.3, 0.4) is 0 Å². The summed E-state index contributed by atoms with van der Waals surface area (Å²) in [6.07, 6.45) is 10.3. The van der Waals surface area contributed by atoms with Crippen LogP contribution in [-0.4, -0.2) is 10.6 Å². The van der Waals surface area contributed by atoms with Gasteiger partial charge in [0.15, 0.2) is 0 Å². The quantitative estimate of drug-likeness (QED) is 0.578. The Bertz CT molecular complexity index is 290. The Kier molecular flexibility index (Phi) is 16.3. The van der Waals surface area contributed by atoms with Crippen LogP contribution in [0.15, 0.2) is 24.3 Å². The van der Waals surface area contributed by atoms with Gasteiger partial charge in [-0.25, -0.2) is 0 Å². The van der Waals surface area contributed by atoms with Gasteiger partial charge in [-0.15, -0.1) is 0 Å². The molecule has 18 heavy (non-hydrogen) atoms. The molecule has 0 heterocycles. The van der Waals surface area contributed by atoms with Gasteiger partial charge in [-0.3, -0.25) is 0 Å². The summed E-state index contributed by atoms with van der Waals surface area (Å²) in [7, 11) is 0. The summed E-state index contributed by atoms with van der Waals surface area (Å²) in [4.78, 5) is 0. The van der Waals surface area contributed by atoms with Gasteiger partial charge < -0.3 is 10.6 Å². The van der Waals surface area contributed by atoms with Crippen molar-refractivity contribution in [1.29, 1.82) is 0 Å². The second-order valence-electron chi connectivity index (χ2n) is 4.50. The van der Waals surface area contributed by atoms with Crippen molar-refractivity contribution in [3.8, 4) is 5.75 Å². The zero-order chi connectivity index (χ0) is 11.6. The van der Waals surface area contributed by atoms with Crippen LogP contribution in [0.25, 0.3) is 0 Å². The van der Waals surface area contributed by atoms with Crippen molar-refractivity contribution < 1.29 is 62.0 Å². The largest absolute Gasteiger partial charge is 1.00 e. The Hall–Kier alpha value is 0.616. The number of para-hydroxylation sites is 1. The Morgan fingerprint density at radius 1 is 0.889 bits per heavy atom. The van der Waals surface area contributed by atoms with Gasteiger partial charge in [0, 0.05) is 0 Å². The van der Waals surface area contributed by atoms with E-state index >= 15 is 0 Å². The summed E-state index contributed by atoms with van der Waals surface area (Å²) >= 11 is 0. The first-order chi connectivity index (χ1) is 7.84. The Labute approximate surface area is 154 Å². The molecular weight excluding hydrogens is 251 g/mol. The molecule has 0 aliphatic rings. The first kappa shape index (κ1) is 20.9. The molecule has 0 aromatic heterocycles. The average molecular weight is 276 g/mol. The van der Waals surface area contributed by atoms with E-state index < -0.39 is 0 Å². The fourth-order valence-corrected chi connectivity index (χ4v) is 1.99. The normalized spacial score (nSPS) is 9.39. The number of phenols is 1. The summed E-state index contributed by atoms with van der Waals surface area (Å²) in [5.41, 5.74) is 1.09. The molecule has 2 N–H and O–H groups in total. The topological polar surface area (TPSA) is 50.2 Å². The van der Waals surface area contributed by atoms with Crippen LogP contribution < -0.4 is 51.4 Å². The van der Waals surface area contributed by atoms with E-state index in [1.807, 2.05) is 18.2 Å². The number of hydrogen-bond donors (Lipinski definition) is 1. The van der Waals surface area contributed by atoms with Gasteiger partial charge in [-0.05, 0) is 24.5 Å². The average Bonchev–Trinajstić information content (AvgIpc) is 2.30. The Morgan fingerprint density at radius 2 is 1.44 bits per heavy atom.